The fraction of sp³-hybridized carbons (Fsp3) is 0.867. The zero-order valence-corrected chi connectivity index (χ0v) is 22.1. The van der Waals surface area contributed by atoms with Crippen LogP contribution >= 0.6 is 0 Å². The average Bonchev–Trinajstić information content (AvgIpc) is 3.13. The maximum Gasteiger partial charge on any atom is 0.309 e. The fourth-order valence-corrected chi connectivity index (χ4v) is 9.87. The number of fused-ring (bicyclic) bond motifs is 2. The van der Waals surface area contributed by atoms with Gasteiger partial charge in [0, 0.05) is 11.8 Å². The Morgan fingerprint density at radius 3 is 2.30 bits per heavy atom. The lowest BCUT2D eigenvalue weighted by Gasteiger charge is -2.59. The summed E-state index contributed by atoms with van der Waals surface area (Å²) in [6, 6.07) is 0. The molecule has 1 N–H and O–H groups in total. The second kappa shape index (κ2) is 8.52. The summed E-state index contributed by atoms with van der Waals surface area (Å²) in [6.07, 6.45) is 10.2. The van der Waals surface area contributed by atoms with E-state index in [4.69, 9.17) is 0 Å². The normalized spacial score (nSPS) is 47.0. The van der Waals surface area contributed by atoms with Crippen LogP contribution in [0.5, 0.6) is 0 Å². The number of ketones is 1. The predicted octanol–water partition coefficient (Wildman–Crippen LogP) is 7.54. The topological polar surface area (TPSA) is 54.4 Å². The Kier molecular flexibility index (Phi) is 6.45. The van der Waals surface area contributed by atoms with Crippen LogP contribution in [0.15, 0.2) is 12.2 Å². The molecule has 0 saturated heterocycles. The van der Waals surface area contributed by atoms with Gasteiger partial charge in [-0.15, -0.1) is 0 Å². The minimum Gasteiger partial charge on any atom is -0.481 e. The van der Waals surface area contributed by atoms with Gasteiger partial charge in [0.2, 0.25) is 0 Å². The number of allylic oxidation sites excluding steroid dienone is 1. The number of carboxylic acid groups (broad SMARTS) is 1. The molecule has 0 aromatic carbocycles. The van der Waals surface area contributed by atoms with E-state index in [1.54, 1.807) is 0 Å². The molecule has 3 nitrogen and oxygen atoms in total. The molecule has 0 aromatic rings. The number of hydrogen-bond donors (Lipinski definition) is 1. The van der Waals surface area contributed by atoms with Crippen molar-refractivity contribution in [1.82, 2.24) is 0 Å². The van der Waals surface area contributed by atoms with Crippen LogP contribution < -0.4 is 0 Å². The van der Waals surface area contributed by atoms with Gasteiger partial charge >= 0.3 is 5.97 Å². The lowest BCUT2D eigenvalue weighted by molar-refractivity contribution is -0.158. The van der Waals surface area contributed by atoms with E-state index in [2.05, 4.69) is 48.1 Å². The van der Waals surface area contributed by atoms with E-state index in [-0.39, 0.29) is 16.7 Å². The largest absolute Gasteiger partial charge is 0.481 e. The summed E-state index contributed by atoms with van der Waals surface area (Å²) >= 11 is 0. The van der Waals surface area contributed by atoms with Gasteiger partial charge < -0.3 is 5.11 Å². The minimum atomic E-state index is -0.557. The van der Waals surface area contributed by atoms with Crippen LogP contribution in [0.25, 0.3) is 0 Å². The first-order chi connectivity index (χ1) is 15.4. The third kappa shape index (κ3) is 3.75. The summed E-state index contributed by atoms with van der Waals surface area (Å²) < 4.78 is 0. The van der Waals surface area contributed by atoms with E-state index in [9.17, 15) is 14.7 Å². The summed E-state index contributed by atoms with van der Waals surface area (Å²) in [5, 5.41) is 10.4. The van der Waals surface area contributed by atoms with Gasteiger partial charge in [-0.25, -0.2) is 0 Å². The van der Waals surface area contributed by atoms with Crippen LogP contribution in [-0.2, 0) is 9.59 Å². The zero-order chi connectivity index (χ0) is 24.3. The Morgan fingerprint density at radius 1 is 1.00 bits per heavy atom. The van der Waals surface area contributed by atoms with Crippen molar-refractivity contribution in [3.63, 3.8) is 0 Å². The summed E-state index contributed by atoms with van der Waals surface area (Å²) in [7, 11) is 0. The quantitative estimate of drug-likeness (QED) is 0.435. The van der Waals surface area contributed by atoms with Crippen LogP contribution in [0.4, 0.5) is 0 Å². The number of Topliss-reactive ketones (excluding diaryl/α,β-unsaturated/α-hetero) is 1. The molecule has 0 heterocycles. The Hall–Kier alpha value is -1.12. The molecule has 4 aliphatic carbocycles. The van der Waals surface area contributed by atoms with Crippen LogP contribution in [0, 0.1) is 57.7 Å². The van der Waals surface area contributed by atoms with Gasteiger partial charge in [-0.2, -0.15) is 0 Å². The van der Waals surface area contributed by atoms with Gasteiger partial charge in [0.25, 0.3) is 0 Å². The van der Waals surface area contributed by atoms with Crippen LogP contribution in [0.1, 0.15) is 106 Å². The number of carbonyl (C=O) groups excluding carboxylic acids is 1. The van der Waals surface area contributed by atoms with Crippen molar-refractivity contribution in [1.29, 1.82) is 0 Å². The molecule has 0 radical (unpaired) electrons. The number of carboxylic acids is 1. The van der Waals surface area contributed by atoms with Gasteiger partial charge in [-0.1, -0.05) is 53.2 Å². The third-order valence-electron chi connectivity index (χ3n) is 11.8. The standard InChI is InChI=1S/C30H48O3/c1-18(2)21-13-17-30(27(32)33)16-12-19(3)22(26(21)30)9-10-23-20(4)8-11-24-28(5,6)25(31)14-15-29(23,24)7/h19-24,26H,1,8-17H2,2-7H3,(H,32,33)/t19-,20-,21+,22?,23?,24?,26?,29+,30+/m0/s1. The van der Waals surface area contributed by atoms with E-state index in [0.29, 0.717) is 41.3 Å². The highest BCUT2D eigenvalue weighted by Crippen LogP contribution is 2.64. The van der Waals surface area contributed by atoms with Gasteiger partial charge in [0.1, 0.15) is 5.78 Å². The molecule has 0 spiro atoms. The summed E-state index contributed by atoms with van der Waals surface area (Å²) in [4.78, 5) is 25.4. The number of aliphatic carboxylic acids is 1. The molecular formula is C30H48O3. The first-order valence-corrected chi connectivity index (χ1v) is 13.8. The van der Waals surface area contributed by atoms with Crippen molar-refractivity contribution in [2.24, 2.45) is 57.7 Å². The van der Waals surface area contributed by atoms with Crippen LogP contribution in [0.3, 0.4) is 0 Å². The van der Waals surface area contributed by atoms with Gasteiger partial charge in [0.15, 0.2) is 0 Å². The second-order valence-electron chi connectivity index (χ2n) is 13.6. The second-order valence-corrected chi connectivity index (χ2v) is 13.6. The van der Waals surface area contributed by atoms with Crippen molar-refractivity contribution in [2.45, 2.75) is 106 Å². The van der Waals surface area contributed by atoms with Crippen molar-refractivity contribution in [2.75, 3.05) is 0 Å². The number of carbonyl (C=O) groups is 2. The Labute approximate surface area is 202 Å². The SMILES string of the molecule is C=C(C)[C@H]1CC[C@]2(C(=O)O)CC[C@H](C)C(CCC3[C@@H](C)CCC4C(C)(C)C(=O)CC[C@]34C)C12. The monoisotopic (exact) mass is 456 g/mol. The van der Waals surface area contributed by atoms with Crippen LogP contribution in [0.2, 0.25) is 0 Å². The maximum atomic E-state index is 12.8. The predicted molar refractivity (Wildman–Crippen MR) is 134 cm³/mol. The Balaban J connectivity index is 1.60. The van der Waals surface area contributed by atoms with Crippen molar-refractivity contribution < 1.29 is 14.7 Å². The Morgan fingerprint density at radius 2 is 1.67 bits per heavy atom. The molecule has 9 atom stereocenters. The van der Waals surface area contributed by atoms with E-state index in [1.807, 2.05) is 0 Å². The molecule has 4 rings (SSSR count). The highest BCUT2D eigenvalue weighted by molar-refractivity contribution is 5.85. The highest BCUT2D eigenvalue weighted by Gasteiger charge is 2.60. The lowest BCUT2D eigenvalue weighted by Crippen LogP contribution is -2.54. The zero-order valence-electron chi connectivity index (χ0n) is 22.1. The molecule has 33 heavy (non-hydrogen) atoms. The van der Waals surface area contributed by atoms with Gasteiger partial charge in [-0.05, 0) is 105 Å². The summed E-state index contributed by atoms with van der Waals surface area (Å²) in [5.74, 6) is 3.32. The first-order valence-electron chi connectivity index (χ1n) is 13.8. The van der Waals surface area contributed by atoms with Crippen molar-refractivity contribution in [3.05, 3.63) is 12.2 Å². The van der Waals surface area contributed by atoms with E-state index in [0.717, 1.165) is 44.9 Å². The molecule has 3 heteroatoms. The van der Waals surface area contributed by atoms with Gasteiger partial charge in [-0.3, -0.25) is 9.59 Å². The van der Waals surface area contributed by atoms with Gasteiger partial charge in [0.05, 0.1) is 5.41 Å². The lowest BCUT2D eigenvalue weighted by atomic mass is 9.45. The highest BCUT2D eigenvalue weighted by atomic mass is 16.4. The van der Waals surface area contributed by atoms with Crippen molar-refractivity contribution >= 4 is 11.8 Å². The molecule has 0 amide bonds. The molecule has 4 unspecified atom stereocenters. The average molecular weight is 457 g/mol. The molecule has 4 fully saturated rings. The molecule has 0 aliphatic heterocycles. The van der Waals surface area contributed by atoms with Crippen molar-refractivity contribution in [3.8, 4) is 0 Å². The summed E-state index contributed by atoms with van der Waals surface area (Å²) in [5.41, 5.74) is 0.663. The van der Waals surface area contributed by atoms with Crippen LogP contribution in [-0.4, -0.2) is 16.9 Å². The fourth-order valence-electron chi connectivity index (χ4n) is 9.87. The molecule has 4 saturated carbocycles. The molecule has 186 valence electrons. The molecule has 0 aromatic heterocycles. The minimum absolute atomic E-state index is 0.210. The molecular weight excluding hydrogens is 408 g/mol. The number of rotatable bonds is 5. The Bertz CT molecular complexity index is 811. The molecule has 0 bridgehead atoms. The van der Waals surface area contributed by atoms with E-state index in [1.165, 1.54) is 24.8 Å². The first kappa shape index (κ1) is 25.0. The summed E-state index contributed by atoms with van der Waals surface area (Å²) in [6.45, 7) is 18.1. The molecule has 4 aliphatic rings. The van der Waals surface area contributed by atoms with E-state index < -0.39 is 11.4 Å². The maximum absolute atomic E-state index is 12.8. The third-order valence-corrected chi connectivity index (χ3v) is 11.8. The smallest absolute Gasteiger partial charge is 0.309 e. The number of hydrogen-bond acceptors (Lipinski definition) is 2. The van der Waals surface area contributed by atoms with E-state index >= 15 is 0 Å².